The zero-order valence-corrected chi connectivity index (χ0v) is 12.9. The summed E-state index contributed by atoms with van der Waals surface area (Å²) in [5.74, 6) is -1.05. The van der Waals surface area contributed by atoms with Gasteiger partial charge in [-0.05, 0) is 38.7 Å². The number of nitrogens with one attached hydrogen (secondary N) is 2. The molecule has 0 saturated heterocycles. The van der Waals surface area contributed by atoms with Crippen molar-refractivity contribution in [2.45, 2.75) is 25.5 Å². The Kier molecular flexibility index (Phi) is 5.44. The quantitative estimate of drug-likeness (QED) is 0.780. The van der Waals surface area contributed by atoms with E-state index in [1.165, 1.54) is 0 Å². The highest BCUT2D eigenvalue weighted by Crippen LogP contribution is 2.21. The second-order valence-corrected chi connectivity index (χ2v) is 6.59. The first kappa shape index (κ1) is 16.4. The highest BCUT2D eigenvalue weighted by atomic mass is 32.2. The molecular formula is C14H20N2O3S. The van der Waals surface area contributed by atoms with E-state index in [9.17, 15) is 14.7 Å². The second-order valence-electron chi connectivity index (χ2n) is 5.07. The fourth-order valence-electron chi connectivity index (χ4n) is 1.59. The van der Waals surface area contributed by atoms with Crippen molar-refractivity contribution in [2.75, 3.05) is 18.1 Å². The Labute approximate surface area is 123 Å². The average molecular weight is 296 g/mol. The maximum absolute atomic E-state index is 11.8. The Hall–Kier alpha value is -1.69. The molecule has 0 spiro atoms. The third-order valence-corrected chi connectivity index (χ3v) is 4.21. The molecule has 5 nitrogen and oxygen atoms in total. The van der Waals surface area contributed by atoms with Gasteiger partial charge in [0.15, 0.2) is 0 Å². The number of amides is 2. The number of aromatic carboxylic acids is 1. The van der Waals surface area contributed by atoms with Crippen LogP contribution in [0, 0.1) is 6.92 Å². The average Bonchev–Trinajstić information content (AvgIpc) is 2.36. The van der Waals surface area contributed by atoms with Gasteiger partial charge >= 0.3 is 12.0 Å². The van der Waals surface area contributed by atoms with Crippen molar-refractivity contribution in [3.63, 3.8) is 0 Å². The van der Waals surface area contributed by atoms with E-state index in [1.54, 1.807) is 36.9 Å². The lowest BCUT2D eigenvalue weighted by atomic mass is 10.1. The molecule has 0 saturated carbocycles. The molecule has 0 radical (unpaired) electrons. The van der Waals surface area contributed by atoms with E-state index in [-0.39, 0.29) is 10.3 Å². The van der Waals surface area contributed by atoms with Crippen molar-refractivity contribution in [2.24, 2.45) is 0 Å². The maximum Gasteiger partial charge on any atom is 0.338 e. The molecule has 20 heavy (non-hydrogen) atoms. The number of carboxylic acids is 1. The minimum absolute atomic E-state index is 0.0699. The van der Waals surface area contributed by atoms with Crippen molar-refractivity contribution in [1.82, 2.24) is 5.32 Å². The summed E-state index contributed by atoms with van der Waals surface area (Å²) in [6.45, 7) is 6.23. The van der Waals surface area contributed by atoms with Gasteiger partial charge in [0.05, 0.1) is 11.3 Å². The molecule has 1 aromatic rings. The van der Waals surface area contributed by atoms with Crippen LogP contribution < -0.4 is 10.6 Å². The van der Waals surface area contributed by atoms with Crippen molar-refractivity contribution < 1.29 is 14.7 Å². The molecule has 0 aliphatic heterocycles. The van der Waals surface area contributed by atoms with Crippen LogP contribution in [0.15, 0.2) is 18.2 Å². The van der Waals surface area contributed by atoms with Gasteiger partial charge in [0.25, 0.3) is 0 Å². The summed E-state index contributed by atoms with van der Waals surface area (Å²) in [7, 11) is 0. The lowest BCUT2D eigenvalue weighted by Crippen LogP contribution is -2.38. The predicted octanol–water partition coefficient (Wildman–Crippen LogP) is 2.96. The molecule has 2 amide bonds. The van der Waals surface area contributed by atoms with Gasteiger partial charge in [-0.2, -0.15) is 11.8 Å². The van der Waals surface area contributed by atoms with Gasteiger partial charge in [-0.1, -0.05) is 12.1 Å². The summed E-state index contributed by atoms with van der Waals surface area (Å²) in [6, 6.07) is 4.59. The molecule has 0 heterocycles. The topological polar surface area (TPSA) is 78.4 Å². The van der Waals surface area contributed by atoms with Crippen LogP contribution in [0.1, 0.15) is 29.8 Å². The zero-order valence-electron chi connectivity index (χ0n) is 12.1. The van der Waals surface area contributed by atoms with Gasteiger partial charge in [0, 0.05) is 11.3 Å². The number of carboxylic acid groups (broad SMARTS) is 1. The van der Waals surface area contributed by atoms with E-state index in [0.29, 0.717) is 17.8 Å². The van der Waals surface area contributed by atoms with E-state index in [1.807, 2.05) is 20.1 Å². The first-order valence-corrected chi connectivity index (χ1v) is 7.42. The number of benzene rings is 1. The Bertz CT molecular complexity index is 515. The molecular weight excluding hydrogens is 276 g/mol. The minimum atomic E-state index is -1.05. The van der Waals surface area contributed by atoms with Crippen LogP contribution in [0.4, 0.5) is 10.5 Å². The van der Waals surface area contributed by atoms with E-state index in [0.717, 1.165) is 0 Å². The Morgan fingerprint density at radius 2 is 2.00 bits per heavy atom. The molecule has 0 atom stereocenters. The molecule has 1 rings (SSSR count). The maximum atomic E-state index is 11.8. The monoisotopic (exact) mass is 296 g/mol. The van der Waals surface area contributed by atoms with E-state index < -0.39 is 12.0 Å². The van der Waals surface area contributed by atoms with Crippen LogP contribution in [-0.2, 0) is 0 Å². The summed E-state index contributed by atoms with van der Waals surface area (Å²) in [5.41, 5.74) is 1.03. The molecule has 0 fully saturated rings. The Morgan fingerprint density at radius 3 is 2.55 bits per heavy atom. The van der Waals surface area contributed by atoms with Gasteiger partial charge in [0.2, 0.25) is 0 Å². The summed E-state index contributed by atoms with van der Waals surface area (Å²) in [6.07, 6.45) is 1.97. The van der Waals surface area contributed by atoms with E-state index in [4.69, 9.17) is 0 Å². The summed E-state index contributed by atoms with van der Waals surface area (Å²) >= 11 is 1.65. The van der Waals surface area contributed by atoms with Crippen molar-refractivity contribution in [1.29, 1.82) is 0 Å². The van der Waals surface area contributed by atoms with Crippen molar-refractivity contribution in [3.8, 4) is 0 Å². The lowest BCUT2D eigenvalue weighted by Gasteiger charge is -2.22. The molecule has 0 aliphatic carbocycles. The summed E-state index contributed by atoms with van der Waals surface area (Å²) in [4.78, 5) is 23.0. The Morgan fingerprint density at radius 1 is 1.35 bits per heavy atom. The van der Waals surface area contributed by atoms with Crippen LogP contribution in [0.2, 0.25) is 0 Å². The molecule has 0 unspecified atom stereocenters. The van der Waals surface area contributed by atoms with E-state index in [2.05, 4.69) is 10.6 Å². The fraction of sp³-hybridized carbons (Fsp3) is 0.429. The highest BCUT2D eigenvalue weighted by Gasteiger charge is 2.18. The van der Waals surface area contributed by atoms with Gasteiger partial charge in [-0.25, -0.2) is 9.59 Å². The minimum Gasteiger partial charge on any atom is -0.478 e. The molecule has 1 aromatic carbocycles. The van der Waals surface area contributed by atoms with Gasteiger partial charge in [-0.15, -0.1) is 0 Å². The zero-order chi connectivity index (χ0) is 15.3. The smallest absolute Gasteiger partial charge is 0.338 e. The standard InChI is InChI=1S/C14H20N2O3S/c1-9-6-5-7-10(11(9)12(17)18)16-13(19)15-8-14(2,3)20-4/h5-7H,8H2,1-4H3,(H,17,18)(H2,15,16,19). The number of hydrogen-bond acceptors (Lipinski definition) is 3. The van der Waals surface area contributed by atoms with Gasteiger partial charge in [-0.3, -0.25) is 0 Å². The molecule has 3 N–H and O–H groups in total. The number of hydrogen-bond donors (Lipinski definition) is 3. The summed E-state index contributed by atoms with van der Waals surface area (Å²) < 4.78 is -0.0699. The molecule has 0 aliphatic rings. The number of aryl methyl sites for hydroxylation is 1. The van der Waals surface area contributed by atoms with Gasteiger partial charge < -0.3 is 15.7 Å². The highest BCUT2D eigenvalue weighted by molar-refractivity contribution is 7.99. The number of urea groups is 1. The third kappa shape index (κ3) is 4.45. The van der Waals surface area contributed by atoms with Crippen LogP contribution in [-0.4, -0.2) is 34.7 Å². The number of rotatable bonds is 5. The van der Waals surface area contributed by atoms with Crippen LogP contribution >= 0.6 is 11.8 Å². The first-order valence-electron chi connectivity index (χ1n) is 6.20. The second kappa shape index (κ2) is 6.65. The SMILES string of the molecule is CSC(C)(C)CNC(=O)Nc1cccc(C)c1C(=O)O. The van der Waals surface area contributed by atoms with Crippen LogP contribution in [0.25, 0.3) is 0 Å². The van der Waals surface area contributed by atoms with Crippen LogP contribution in [0.3, 0.4) is 0 Å². The van der Waals surface area contributed by atoms with E-state index >= 15 is 0 Å². The normalized spacial score (nSPS) is 11.0. The number of carbonyl (C=O) groups is 2. The number of thioether (sulfide) groups is 1. The fourth-order valence-corrected chi connectivity index (χ4v) is 1.80. The molecule has 110 valence electrons. The molecule has 6 heteroatoms. The number of carbonyl (C=O) groups excluding carboxylic acids is 1. The van der Waals surface area contributed by atoms with Crippen LogP contribution in [0.5, 0.6) is 0 Å². The largest absolute Gasteiger partial charge is 0.478 e. The lowest BCUT2D eigenvalue weighted by molar-refractivity contribution is 0.0697. The molecule has 0 aromatic heterocycles. The summed E-state index contributed by atoms with van der Waals surface area (Å²) in [5, 5.41) is 14.5. The van der Waals surface area contributed by atoms with Crippen molar-refractivity contribution >= 4 is 29.4 Å². The predicted molar refractivity (Wildman–Crippen MR) is 82.8 cm³/mol. The van der Waals surface area contributed by atoms with Gasteiger partial charge in [0.1, 0.15) is 0 Å². The van der Waals surface area contributed by atoms with Crippen molar-refractivity contribution in [3.05, 3.63) is 29.3 Å². The number of anilines is 1. The Balaban J connectivity index is 2.77. The molecule has 0 bridgehead atoms. The first-order chi connectivity index (χ1) is 9.26. The third-order valence-electron chi connectivity index (χ3n) is 2.96.